The molecule has 0 bridgehead atoms. The zero-order chi connectivity index (χ0) is 13.3. The number of hydrogen-bond donors (Lipinski definition) is 0. The van der Waals surface area contributed by atoms with Crippen LogP contribution in [0.3, 0.4) is 0 Å². The van der Waals surface area contributed by atoms with Gasteiger partial charge in [-0.15, -0.1) is 0 Å². The van der Waals surface area contributed by atoms with Gasteiger partial charge in [0.1, 0.15) is 5.82 Å². The summed E-state index contributed by atoms with van der Waals surface area (Å²) in [5.74, 6) is -1.54. The molecule has 0 saturated carbocycles. The monoisotopic (exact) mass is 315 g/mol. The van der Waals surface area contributed by atoms with Crippen molar-refractivity contribution < 1.29 is 18.7 Å². The average Bonchev–Trinajstić information content (AvgIpc) is 2.69. The maximum absolute atomic E-state index is 13.3. The van der Waals surface area contributed by atoms with E-state index in [1.54, 1.807) is 6.07 Å². The second-order valence-corrected chi connectivity index (χ2v) is 4.97. The average molecular weight is 316 g/mol. The normalized spacial score (nSPS) is 19.2. The van der Waals surface area contributed by atoms with Gasteiger partial charge in [-0.05, 0) is 18.2 Å². The molecule has 1 heterocycles. The SMILES string of the molecule is COC(=O)C1CC(=O)N(c2cc(F)cc(Br)c2)C1. The molecule has 96 valence electrons. The standard InChI is InChI=1S/C12H11BrFNO3/c1-18-12(17)7-2-11(16)15(6-7)10-4-8(13)3-9(14)5-10/h3-5,7H,2,6H2,1H3. The Hall–Kier alpha value is -1.43. The van der Waals surface area contributed by atoms with E-state index in [4.69, 9.17) is 0 Å². The van der Waals surface area contributed by atoms with Crippen LogP contribution in [-0.2, 0) is 14.3 Å². The second kappa shape index (κ2) is 5.06. The molecule has 0 aliphatic carbocycles. The summed E-state index contributed by atoms with van der Waals surface area (Å²) in [4.78, 5) is 24.6. The molecule has 1 aromatic rings. The topological polar surface area (TPSA) is 46.6 Å². The van der Waals surface area contributed by atoms with Gasteiger partial charge in [-0.2, -0.15) is 0 Å². The lowest BCUT2D eigenvalue weighted by Crippen LogP contribution is -2.26. The largest absolute Gasteiger partial charge is 0.469 e. The third-order valence-corrected chi connectivity index (χ3v) is 3.28. The zero-order valence-corrected chi connectivity index (χ0v) is 11.2. The molecule has 0 spiro atoms. The van der Waals surface area contributed by atoms with Crippen LogP contribution in [0.2, 0.25) is 0 Å². The third-order valence-electron chi connectivity index (χ3n) is 2.82. The first-order valence-electron chi connectivity index (χ1n) is 5.35. The van der Waals surface area contributed by atoms with Crippen LogP contribution < -0.4 is 4.90 Å². The molecule has 1 saturated heterocycles. The minimum atomic E-state index is -0.482. The Balaban J connectivity index is 2.24. The maximum Gasteiger partial charge on any atom is 0.311 e. The van der Waals surface area contributed by atoms with Crippen LogP contribution in [0, 0.1) is 11.7 Å². The molecule has 6 heteroatoms. The van der Waals surface area contributed by atoms with Gasteiger partial charge in [-0.1, -0.05) is 15.9 Å². The number of benzene rings is 1. The molecule has 1 aromatic carbocycles. The van der Waals surface area contributed by atoms with E-state index in [9.17, 15) is 14.0 Å². The highest BCUT2D eigenvalue weighted by atomic mass is 79.9. The molecule has 1 fully saturated rings. The van der Waals surface area contributed by atoms with Crippen molar-refractivity contribution >= 4 is 33.5 Å². The van der Waals surface area contributed by atoms with Gasteiger partial charge in [0.15, 0.2) is 0 Å². The van der Waals surface area contributed by atoms with Gasteiger partial charge >= 0.3 is 5.97 Å². The van der Waals surface area contributed by atoms with Crippen molar-refractivity contribution in [3.05, 3.63) is 28.5 Å². The summed E-state index contributed by atoms with van der Waals surface area (Å²) in [6, 6.07) is 4.21. The molecule has 2 rings (SSSR count). The van der Waals surface area contributed by atoms with Gasteiger partial charge in [0, 0.05) is 23.1 Å². The number of amides is 1. The van der Waals surface area contributed by atoms with Crippen LogP contribution in [0.15, 0.2) is 22.7 Å². The summed E-state index contributed by atoms with van der Waals surface area (Å²) in [6.07, 6.45) is 0.0980. The highest BCUT2D eigenvalue weighted by Gasteiger charge is 2.35. The molecule has 18 heavy (non-hydrogen) atoms. The molecule has 1 unspecified atom stereocenters. The molecule has 0 radical (unpaired) electrons. The zero-order valence-electron chi connectivity index (χ0n) is 9.65. The number of nitrogens with zero attached hydrogens (tertiary/aromatic N) is 1. The first-order valence-corrected chi connectivity index (χ1v) is 6.15. The summed E-state index contributed by atoms with van der Waals surface area (Å²) in [5.41, 5.74) is 0.443. The van der Waals surface area contributed by atoms with E-state index in [0.29, 0.717) is 10.2 Å². The van der Waals surface area contributed by atoms with Crippen LogP contribution >= 0.6 is 15.9 Å². The summed E-state index contributed by atoms with van der Waals surface area (Å²) in [7, 11) is 1.29. The molecular weight excluding hydrogens is 305 g/mol. The summed E-state index contributed by atoms with van der Waals surface area (Å²) >= 11 is 3.17. The number of halogens is 2. The minimum Gasteiger partial charge on any atom is -0.469 e. The fourth-order valence-corrected chi connectivity index (χ4v) is 2.43. The Bertz CT molecular complexity index is 486. The number of ether oxygens (including phenoxy) is 1. The van der Waals surface area contributed by atoms with Gasteiger partial charge in [-0.25, -0.2) is 4.39 Å². The molecule has 1 atom stereocenters. The van der Waals surface area contributed by atoms with Crippen LogP contribution in [-0.4, -0.2) is 25.5 Å². The maximum atomic E-state index is 13.3. The number of methoxy groups -OCH3 is 1. The van der Waals surface area contributed by atoms with E-state index in [-0.39, 0.29) is 18.9 Å². The first kappa shape index (κ1) is 13.0. The van der Waals surface area contributed by atoms with Crippen molar-refractivity contribution in [3.63, 3.8) is 0 Å². The van der Waals surface area contributed by atoms with Gasteiger partial charge in [0.05, 0.1) is 13.0 Å². The third kappa shape index (κ3) is 2.53. The molecular formula is C12H11BrFNO3. The lowest BCUT2D eigenvalue weighted by Gasteiger charge is -2.16. The predicted molar refractivity (Wildman–Crippen MR) is 66.6 cm³/mol. The molecule has 0 aromatic heterocycles. The Kier molecular flexibility index (Phi) is 3.65. The van der Waals surface area contributed by atoms with Gasteiger partial charge in [0.25, 0.3) is 0 Å². The van der Waals surface area contributed by atoms with Crippen molar-refractivity contribution in [3.8, 4) is 0 Å². The number of carbonyl (C=O) groups is 2. The number of rotatable bonds is 2. The second-order valence-electron chi connectivity index (χ2n) is 4.06. The van der Waals surface area contributed by atoms with Crippen LogP contribution in [0.4, 0.5) is 10.1 Å². The number of carbonyl (C=O) groups excluding carboxylic acids is 2. The summed E-state index contributed by atoms with van der Waals surface area (Å²) in [6.45, 7) is 0.224. The number of hydrogen-bond acceptors (Lipinski definition) is 3. The van der Waals surface area contributed by atoms with E-state index in [2.05, 4.69) is 20.7 Å². The van der Waals surface area contributed by atoms with Gasteiger partial charge < -0.3 is 9.64 Å². The molecule has 1 amide bonds. The van der Waals surface area contributed by atoms with Crippen LogP contribution in [0.5, 0.6) is 0 Å². The highest BCUT2D eigenvalue weighted by Crippen LogP contribution is 2.28. The predicted octanol–water partition coefficient (Wildman–Crippen LogP) is 2.11. The first-order chi connectivity index (χ1) is 8.51. The minimum absolute atomic E-state index is 0.0980. The van der Waals surface area contributed by atoms with Crippen molar-refractivity contribution in [1.82, 2.24) is 0 Å². The molecule has 4 nitrogen and oxygen atoms in total. The number of anilines is 1. The van der Waals surface area contributed by atoms with E-state index in [0.717, 1.165) is 0 Å². The van der Waals surface area contributed by atoms with E-state index in [1.165, 1.54) is 24.1 Å². The Morgan fingerprint density at radius 3 is 2.83 bits per heavy atom. The van der Waals surface area contributed by atoms with Crippen molar-refractivity contribution in [1.29, 1.82) is 0 Å². The molecule has 1 aliphatic rings. The van der Waals surface area contributed by atoms with Crippen molar-refractivity contribution in [2.75, 3.05) is 18.6 Å². The van der Waals surface area contributed by atoms with Gasteiger partial charge in [-0.3, -0.25) is 9.59 Å². The van der Waals surface area contributed by atoms with Crippen molar-refractivity contribution in [2.45, 2.75) is 6.42 Å². The Labute approximate surface area is 112 Å². The fourth-order valence-electron chi connectivity index (χ4n) is 1.98. The van der Waals surface area contributed by atoms with Crippen LogP contribution in [0.1, 0.15) is 6.42 Å². The Morgan fingerprint density at radius 2 is 2.22 bits per heavy atom. The molecule has 0 N–H and O–H groups in total. The van der Waals surface area contributed by atoms with Gasteiger partial charge in [0.2, 0.25) is 5.91 Å². The fraction of sp³-hybridized carbons (Fsp3) is 0.333. The van der Waals surface area contributed by atoms with Crippen molar-refractivity contribution in [2.24, 2.45) is 5.92 Å². The lowest BCUT2D eigenvalue weighted by atomic mass is 10.1. The van der Waals surface area contributed by atoms with E-state index in [1.807, 2.05) is 0 Å². The number of esters is 1. The lowest BCUT2D eigenvalue weighted by molar-refractivity contribution is -0.145. The summed E-state index contributed by atoms with van der Waals surface area (Å²) < 4.78 is 18.4. The smallest absolute Gasteiger partial charge is 0.311 e. The highest BCUT2D eigenvalue weighted by molar-refractivity contribution is 9.10. The Morgan fingerprint density at radius 1 is 1.50 bits per heavy atom. The van der Waals surface area contributed by atoms with E-state index < -0.39 is 17.7 Å². The summed E-state index contributed by atoms with van der Waals surface area (Å²) in [5, 5.41) is 0. The van der Waals surface area contributed by atoms with E-state index >= 15 is 0 Å². The van der Waals surface area contributed by atoms with Crippen LogP contribution in [0.25, 0.3) is 0 Å². The molecule has 1 aliphatic heterocycles. The quantitative estimate of drug-likeness (QED) is 0.785.